The molecular formula is C24H23N5O2. The minimum Gasteiger partial charge on any atom is -0.345 e. The normalized spacial score (nSPS) is 18.5. The number of likely N-dealkylation sites (tertiary alicyclic amines) is 1. The molecule has 0 bridgehead atoms. The highest BCUT2D eigenvalue weighted by Gasteiger charge is 2.32. The van der Waals surface area contributed by atoms with Crippen molar-refractivity contribution in [1.82, 2.24) is 25.2 Å². The Labute approximate surface area is 180 Å². The SMILES string of the molecule is O=C1N[C@@H](CC(=O)N2CCC(c3ncncc3-c3ccncc3)CC2)c2ccccc21. The summed E-state index contributed by atoms with van der Waals surface area (Å²) in [5, 5.41) is 2.94. The maximum atomic E-state index is 12.9. The van der Waals surface area contributed by atoms with Gasteiger partial charge in [0.2, 0.25) is 5.91 Å². The predicted molar refractivity (Wildman–Crippen MR) is 115 cm³/mol. The highest BCUT2D eigenvalue weighted by Crippen LogP contribution is 2.34. The zero-order valence-electron chi connectivity index (χ0n) is 17.1. The zero-order chi connectivity index (χ0) is 21.2. The van der Waals surface area contributed by atoms with Crippen LogP contribution in [0.5, 0.6) is 0 Å². The summed E-state index contributed by atoms with van der Waals surface area (Å²) < 4.78 is 0. The number of rotatable bonds is 4. The third-order valence-electron chi connectivity index (χ3n) is 6.23. The second-order valence-corrected chi connectivity index (χ2v) is 8.03. The Hall–Kier alpha value is -3.61. The summed E-state index contributed by atoms with van der Waals surface area (Å²) in [7, 11) is 0. The number of hydrogen-bond donors (Lipinski definition) is 1. The van der Waals surface area contributed by atoms with Crippen LogP contribution in [0.4, 0.5) is 0 Å². The Bertz CT molecular complexity index is 1110. The summed E-state index contributed by atoms with van der Waals surface area (Å²) in [6.45, 7) is 1.37. The molecular weight excluding hydrogens is 390 g/mol. The number of piperidine rings is 1. The maximum absolute atomic E-state index is 12.9. The van der Waals surface area contributed by atoms with Crippen molar-refractivity contribution in [1.29, 1.82) is 0 Å². The van der Waals surface area contributed by atoms with Crippen molar-refractivity contribution < 1.29 is 9.59 Å². The van der Waals surface area contributed by atoms with E-state index < -0.39 is 0 Å². The van der Waals surface area contributed by atoms with Crippen molar-refractivity contribution in [3.05, 3.63) is 78.1 Å². The van der Waals surface area contributed by atoms with Crippen LogP contribution in [0.25, 0.3) is 11.1 Å². The van der Waals surface area contributed by atoms with Crippen molar-refractivity contribution in [2.75, 3.05) is 13.1 Å². The molecule has 156 valence electrons. The fraction of sp³-hybridized carbons (Fsp3) is 0.292. The highest BCUT2D eigenvalue weighted by molar-refractivity contribution is 5.99. The Morgan fingerprint density at radius 2 is 1.81 bits per heavy atom. The zero-order valence-corrected chi connectivity index (χ0v) is 17.1. The van der Waals surface area contributed by atoms with E-state index in [-0.39, 0.29) is 23.8 Å². The summed E-state index contributed by atoms with van der Waals surface area (Å²) in [5.41, 5.74) is 4.70. The lowest BCUT2D eigenvalue weighted by Crippen LogP contribution is -2.39. The largest absolute Gasteiger partial charge is 0.345 e. The molecule has 2 aliphatic heterocycles. The van der Waals surface area contributed by atoms with Crippen LogP contribution in [-0.4, -0.2) is 44.8 Å². The van der Waals surface area contributed by atoms with E-state index in [0.29, 0.717) is 25.1 Å². The molecule has 0 saturated carbocycles. The molecule has 0 aliphatic carbocycles. The summed E-state index contributed by atoms with van der Waals surface area (Å²) in [5.74, 6) is 0.263. The lowest BCUT2D eigenvalue weighted by atomic mass is 9.89. The number of amides is 2. The van der Waals surface area contributed by atoms with Gasteiger partial charge in [0, 0.05) is 48.7 Å². The smallest absolute Gasteiger partial charge is 0.252 e. The van der Waals surface area contributed by atoms with Gasteiger partial charge in [0.25, 0.3) is 5.91 Å². The van der Waals surface area contributed by atoms with E-state index in [4.69, 9.17) is 0 Å². The Balaban J connectivity index is 1.25. The van der Waals surface area contributed by atoms with E-state index in [9.17, 15) is 9.59 Å². The third kappa shape index (κ3) is 3.79. The van der Waals surface area contributed by atoms with Gasteiger partial charge in [-0.3, -0.25) is 14.6 Å². The van der Waals surface area contributed by atoms with Crippen LogP contribution in [0.1, 0.15) is 52.8 Å². The minimum atomic E-state index is -0.242. The number of aromatic nitrogens is 3. The lowest BCUT2D eigenvalue weighted by Gasteiger charge is -2.33. The first kappa shape index (κ1) is 19.4. The van der Waals surface area contributed by atoms with Gasteiger partial charge in [-0.2, -0.15) is 0 Å². The van der Waals surface area contributed by atoms with Crippen LogP contribution in [0.15, 0.2) is 61.3 Å². The van der Waals surface area contributed by atoms with Crippen molar-refractivity contribution in [3.63, 3.8) is 0 Å². The molecule has 4 heterocycles. The molecule has 3 aromatic rings. The van der Waals surface area contributed by atoms with Crippen LogP contribution in [0, 0.1) is 0 Å². The molecule has 5 rings (SSSR count). The van der Waals surface area contributed by atoms with E-state index in [2.05, 4.69) is 20.3 Å². The molecule has 2 aliphatic rings. The van der Waals surface area contributed by atoms with Gasteiger partial charge in [0.05, 0.1) is 18.2 Å². The third-order valence-corrected chi connectivity index (χ3v) is 6.23. The number of benzene rings is 1. The summed E-state index contributed by atoms with van der Waals surface area (Å²) in [6.07, 6.45) is 9.00. The summed E-state index contributed by atoms with van der Waals surface area (Å²) in [6, 6.07) is 11.2. The predicted octanol–water partition coefficient (Wildman–Crippen LogP) is 3.12. The molecule has 0 spiro atoms. The van der Waals surface area contributed by atoms with Crippen molar-refractivity contribution in [2.24, 2.45) is 0 Å². The second kappa shape index (κ2) is 8.26. The molecule has 2 aromatic heterocycles. The first-order chi connectivity index (χ1) is 15.2. The minimum absolute atomic E-state index is 0.0810. The molecule has 7 heteroatoms. The van der Waals surface area contributed by atoms with Crippen molar-refractivity contribution >= 4 is 11.8 Å². The topological polar surface area (TPSA) is 88.1 Å². The number of pyridine rings is 1. The van der Waals surface area contributed by atoms with Crippen LogP contribution < -0.4 is 5.32 Å². The summed E-state index contributed by atoms with van der Waals surface area (Å²) >= 11 is 0. The number of fused-ring (bicyclic) bond motifs is 1. The van der Waals surface area contributed by atoms with Gasteiger partial charge in [0.15, 0.2) is 0 Å². The molecule has 1 N–H and O–H groups in total. The van der Waals surface area contributed by atoms with Crippen LogP contribution in [0.3, 0.4) is 0 Å². The highest BCUT2D eigenvalue weighted by atomic mass is 16.2. The quantitative estimate of drug-likeness (QED) is 0.710. The molecule has 1 atom stereocenters. The van der Waals surface area contributed by atoms with Crippen LogP contribution in [-0.2, 0) is 4.79 Å². The number of hydrogen-bond acceptors (Lipinski definition) is 5. The first-order valence-corrected chi connectivity index (χ1v) is 10.6. The van der Waals surface area contributed by atoms with Crippen LogP contribution >= 0.6 is 0 Å². The molecule has 1 fully saturated rings. The average Bonchev–Trinajstić information content (AvgIpc) is 3.15. The fourth-order valence-corrected chi connectivity index (χ4v) is 4.61. The number of nitrogens with one attached hydrogen (secondary N) is 1. The van der Waals surface area contributed by atoms with E-state index >= 15 is 0 Å². The average molecular weight is 413 g/mol. The molecule has 1 saturated heterocycles. The van der Waals surface area contributed by atoms with Gasteiger partial charge in [-0.05, 0) is 42.2 Å². The Morgan fingerprint density at radius 1 is 1.03 bits per heavy atom. The van der Waals surface area contributed by atoms with Gasteiger partial charge in [-0.25, -0.2) is 9.97 Å². The van der Waals surface area contributed by atoms with Gasteiger partial charge < -0.3 is 10.2 Å². The maximum Gasteiger partial charge on any atom is 0.252 e. The van der Waals surface area contributed by atoms with Crippen LogP contribution in [0.2, 0.25) is 0 Å². The van der Waals surface area contributed by atoms with Gasteiger partial charge >= 0.3 is 0 Å². The first-order valence-electron chi connectivity index (χ1n) is 10.6. The van der Waals surface area contributed by atoms with Gasteiger partial charge in [0.1, 0.15) is 6.33 Å². The number of nitrogens with zero attached hydrogens (tertiary/aromatic N) is 4. The van der Waals surface area contributed by atoms with Gasteiger partial charge in [-0.15, -0.1) is 0 Å². The van der Waals surface area contributed by atoms with Gasteiger partial charge in [-0.1, -0.05) is 18.2 Å². The van der Waals surface area contributed by atoms with E-state index in [1.54, 1.807) is 18.7 Å². The summed E-state index contributed by atoms with van der Waals surface area (Å²) in [4.78, 5) is 39.9. The standard InChI is InChI=1S/C24H23N5O2/c30-22(13-21-18-3-1-2-4-19(18)24(31)28-21)29-11-7-17(8-12-29)23-20(14-26-15-27-23)16-5-9-25-10-6-16/h1-6,9-10,14-15,17,21H,7-8,11-13H2,(H,28,31)/t21-/m0/s1. The Morgan fingerprint density at radius 3 is 2.61 bits per heavy atom. The molecule has 2 amide bonds. The molecule has 31 heavy (non-hydrogen) atoms. The van der Waals surface area contributed by atoms with Crippen molar-refractivity contribution in [2.45, 2.75) is 31.2 Å². The van der Waals surface area contributed by atoms with E-state index in [0.717, 1.165) is 35.2 Å². The second-order valence-electron chi connectivity index (χ2n) is 8.03. The number of carbonyl (C=O) groups excluding carboxylic acids is 2. The van der Waals surface area contributed by atoms with E-state index in [1.165, 1.54) is 0 Å². The monoisotopic (exact) mass is 413 g/mol. The molecule has 7 nitrogen and oxygen atoms in total. The fourth-order valence-electron chi connectivity index (χ4n) is 4.61. The number of carbonyl (C=O) groups is 2. The Kier molecular flexibility index (Phi) is 5.16. The van der Waals surface area contributed by atoms with E-state index in [1.807, 2.05) is 47.5 Å². The molecule has 1 aromatic carbocycles. The molecule has 0 radical (unpaired) electrons. The van der Waals surface area contributed by atoms with Crippen molar-refractivity contribution in [3.8, 4) is 11.1 Å². The lowest BCUT2D eigenvalue weighted by molar-refractivity contribution is -0.132. The molecule has 0 unspecified atom stereocenters.